The predicted molar refractivity (Wildman–Crippen MR) is 73.0 cm³/mol. The zero-order valence-corrected chi connectivity index (χ0v) is 11.9. The van der Waals surface area contributed by atoms with Crippen LogP contribution in [0.2, 0.25) is 0 Å². The van der Waals surface area contributed by atoms with Crippen LogP contribution in [0.5, 0.6) is 5.75 Å². The van der Waals surface area contributed by atoms with E-state index >= 15 is 0 Å². The van der Waals surface area contributed by atoms with E-state index in [0.29, 0.717) is 4.88 Å². The zero-order valence-electron chi connectivity index (χ0n) is 9.52. The van der Waals surface area contributed by atoms with Gasteiger partial charge < -0.3 is 4.74 Å². The summed E-state index contributed by atoms with van der Waals surface area (Å²) in [5.41, 5.74) is -0.0559. The molecule has 0 spiro atoms. The van der Waals surface area contributed by atoms with Crippen LogP contribution in [-0.2, 0) is 0 Å². The van der Waals surface area contributed by atoms with E-state index in [9.17, 15) is 9.18 Å². The number of Topliss-reactive ketones (excluding diaryl/α,β-unsaturated/α-hetero) is 1. The molecular weight excluding hydrogens is 333 g/mol. The van der Waals surface area contributed by atoms with E-state index in [-0.39, 0.29) is 23.7 Å². The molecule has 0 radical (unpaired) electrons. The Hall–Kier alpha value is -1.71. The number of hydrogen-bond acceptors (Lipinski definition) is 4. The van der Waals surface area contributed by atoms with Gasteiger partial charge >= 0.3 is 0 Å². The Morgan fingerprint density at radius 2 is 2.26 bits per heavy atom. The number of nitrogens with zero attached hydrogens (tertiary/aromatic N) is 1. The van der Waals surface area contributed by atoms with Crippen molar-refractivity contribution < 1.29 is 13.9 Å². The van der Waals surface area contributed by atoms with Crippen molar-refractivity contribution >= 4 is 33.0 Å². The largest absolute Gasteiger partial charge is 0.485 e. The molecule has 0 saturated carbocycles. The molecule has 0 atom stereocenters. The van der Waals surface area contributed by atoms with Crippen LogP contribution in [0, 0.1) is 17.1 Å². The van der Waals surface area contributed by atoms with Gasteiger partial charge in [-0.05, 0) is 39.5 Å². The Bertz CT molecular complexity index is 663. The zero-order chi connectivity index (χ0) is 13.8. The molecule has 0 aliphatic carbocycles. The standard InChI is InChI=1S/C13H7BrFNO2S/c14-10-3-4-19-13(10)12(17)7-18-9-2-1-8(6-16)11(15)5-9/h1-5H,7H2. The van der Waals surface area contributed by atoms with Gasteiger partial charge in [-0.25, -0.2) is 4.39 Å². The van der Waals surface area contributed by atoms with Gasteiger partial charge in [-0.15, -0.1) is 11.3 Å². The first-order valence-corrected chi connectivity index (χ1v) is 6.87. The van der Waals surface area contributed by atoms with Gasteiger partial charge in [0, 0.05) is 10.5 Å². The summed E-state index contributed by atoms with van der Waals surface area (Å²) in [6.07, 6.45) is 0. The second-order valence-corrected chi connectivity index (χ2v) is 5.33. The first-order chi connectivity index (χ1) is 9.11. The van der Waals surface area contributed by atoms with Gasteiger partial charge in [0.1, 0.15) is 17.6 Å². The summed E-state index contributed by atoms with van der Waals surface area (Å²) in [6, 6.07) is 7.36. The van der Waals surface area contributed by atoms with Crippen molar-refractivity contribution in [1.29, 1.82) is 5.26 Å². The van der Waals surface area contributed by atoms with E-state index in [4.69, 9.17) is 10.00 Å². The number of rotatable bonds is 4. The summed E-state index contributed by atoms with van der Waals surface area (Å²) in [5, 5.41) is 10.4. The van der Waals surface area contributed by atoms with Crippen molar-refractivity contribution in [2.75, 3.05) is 6.61 Å². The number of hydrogen-bond donors (Lipinski definition) is 0. The van der Waals surface area contributed by atoms with Crippen LogP contribution in [0.15, 0.2) is 34.1 Å². The van der Waals surface area contributed by atoms with E-state index in [2.05, 4.69) is 15.9 Å². The molecule has 0 bridgehead atoms. The smallest absolute Gasteiger partial charge is 0.211 e. The van der Waals surface area contributed by atoms with Gasteiger partial charge in [0.15, 0.2) is 6.61 Å². The van der Waals surface area contributed by atoms with Crippen LogP contribution in [0.25, 0.3) is 0 Å². The molecule has 0 fully saturated rings. The summed E-state index contributed by atoms with van der Waals surface area (Å²) < 4.78 is 19.3. The maximum Gasteiger partial charge on any atom is 0.211 e. The lowest BCUT2D eigenvalue weighted by molar-refractivity contribution is 0.0924. The second-order valence-electron chi connectivity index (χ2n) is 3.56. The number of thiophene rings is 1. The fourth-order valence-electron chi connectivity index (χ4n) is 1.38. The van der Waals surface area contributed by atoms with Crippen molar-refractivity contribution in [2.24, 2.45) is 0 Å². The summed E-state index contributed by atoms with van der Waals surface area (Å²) in [7, 11) is 0. The second kappa shape index (κ2) is 5.95. The quantitative estimate of drug-likeness (QED) is 0.796. The average Bonchev–Trinajstić information content (AvgIpc) is 2.82. The molecule has 0 unspecified atom stereocenters. The molecule has 3 nitrogen and oxygen atoms in total. The number of benzene rings is 1. The Kier molecular flexibility index (Phi) is 4.30. The Balaban J connectivity index is 2.04. The SMILES string of the molecule is N#Cc1ccc(OCC(=O)c2sccc2Br)cc1F. The maximum atomic E-state index is 13.3. The van der Waals surface area contributed by atoms with Gasteiger partial charge in [0.2, 0.25) is 5.78 Å². The van der Waals surface area contributed by atoms with Gasteiger partial charge in [0.05, 0.1) is 10.4 Å². The normalized spacial score (nSPS) is 9.95. The first kappa shape index (κ1) is 13.7. The van der Waals surface area contributed by atoms with Crippen molar-refractivity contribution in [2.45, 2.75) is 0 Å². The van der Waals surface area contributed by atoms with Crippen LogP contribution in [0.3, 0.4) is 0 Å². The number of halogens is 2. The number of carbonyl (C=O) groups is 1. The minimum Gasteiger partial charge on any atom is -0.485 e. The summed E-state index contributed by atoms with van der Waals surface area (Å²) in [4.78, 5) is 12.4. The van der Waals surface area contributed by atoms with Crippen molar-refractivity contribution in [3.8, 4) is 11.8 Å². The molecule has 2 rings (SSSR count). The molecule has 96 valence electrons. The number of ketones is 1. The van der Waals surface area contributed by atoms with Crippen LogP contribution in [-0.4, -0.2) is 12.4 Å². The van der Waals surface area contributed by atoms with Crippen LogP contribution < -0.4 is 4.74 Å². The number of carbonyl (C=O) groups excluding carboxylic acids is 1. The minimum atomic E-state index is -0.662. The van der Waals surface area contributed by atoms with E-state index in [1.165, 1.54) is 23.5 Å². The monoisotopic (exact) mass is 339 g/mol. The molecule has 19 heavy (non-hydrogen) atoms. The molecule has 6 heteroatoms. The summed E-state index contributed by atoms with van der Waals surface area (Å²) in [5.74, 6) is -0.631. The third kappa shape index (κ3) is 3.19. The van der Waals surface area contributed by atoms with Crippen LogP contribution in [0.1, 0.15) is 15.2 Å². The lowest BCUT2D eigenvalue weighted by atomic mass is 10.2. The first-order valence-electron chi connectivity index (χ1n) is 5.20. The van der Waals surface area contributed by atoms with Gasteiger partial charge in [-0.2, -0.15) is 5.26 Å². The lowest BCUT2D eigenvalue weighted by Gasteiger charge is -2.05. The highest BCUT2D eigenvalue weighted by Crippen LogP contribution is 2.23. The van der Waals surface area contributed by atoms with E-state index in [1.54, 1.807) is 17.5 Å². The lowest BCUT2D eigenvalue weighted by Crippen LogP contribution is -2.10. The Labute approximate surface area is 121 Å². The summed E-state index contributed by atoms with van der Waals surface area (Å²) >= 11 is 4.57. The Morgan fingerprint density at radius 3 is 2.84 bits per heavy atom. The maximum absolute atomic E-state index is 13.3. The highest BCUT2D eigenvalue weighted by Gasteiger charge is 2.12. The molecule has 0 aliphatic heterocycles. The molecule has 0 aliphatic rings. The molecule has 0 saturated heterocycles. The van der Waals surface area contributed by atoms with Gasteiger partial charge in [0.25, 0.3) is 0 Å². The molecule has 1 aromatic carbocycles. The van der Waals surface area contributed by atoms with Crippen LogP contribution in [0.4, 0.5) is 4.39 Å². The van der Waals surface area contributed by atoms with Crippen molar-refractivity contribution in [3.63, 3.8) is 0 Å². The predicted octanol–water partition coefficient (Wildman–Crippen LogP) is 3.78. The van der Waals surface area contributed by atoms with Crippen LogP contribution >= 0.6 is 27.3 Å². The van der Waals surface area contributed by atoms with E-state index in [0.717, 1.165) is 10.5 Å². The Morgan fingerprint density at radius 1 is 1.47 bits per heavy atom. The molecule has 1 heterocycles. The molecule has 1 aromatic heterocycles. The topological polar surface area (TPSA) is 50.1 Å². The summed E-state index contributed by atoms with van der Waals surface area (Å²) in [6.45, 7) is -0.176. The highest BCUT2D eigenvalue weighted by molar-refractivity contribution is 9.10. The van der Waals surface area contributed by atoms with Gasteiger partial charge in [-0.1, -0.05) is 0 Å². The third-order valence-corrected chi connectivity index (χ3v) is 4.18. The van der Waals surface area contributed by atoms with Crippen molar-refractivity contribution in [3.05, 3.63) is 50.4 Å². The van der Waals surface area contributed by atoms with Gasteiger partial charge in [-0.3, -0.25) is 4.79 Å². The molecule has 0 amide bonds. The van der Waals surface area contributed by atoms with E-state index < -0.39 is 5.82 Å². The third-order valence-electron chi connectivity index (χ3n) is 2.30. The fraction of sp³-hybridized carbons (Fsp3) is 0.0769. The van der Waals surface area contributed by atoms with E-state index in [1.807, 2.05) is 0 Å². The number of nitriles is 1. The van der Waals surface area contributed by atoms with Crippen molar-refractivity contribution in [1.82, 2.24) is 0 Å². The molecule has 2 aromatic rings. The number of ether oxygens (including phenoxy) is 1. The molecular formula is C13H7BrFNO2S. The highest BCUT2D eigenvalue weighted by atomic mass is 79.9. The fourth-order valence-corrected chi connectivity index (χ4v) is 2.90. The average molecular weight is 340 g/mol. The minimum absolute atomic E-state index is 0.0559. The molecule has 0 N–H and O–H groups in total.